The van der Waals surface area contributed by atoms with Gasteiger partial charge in [0.25, 0.3) is 0 Å². The number of rotatable bonds is 3. The molecule has 1 aromatic carbocycles. The summed E-state index contributed by atoms with van der Waals surface area (Å²) in [6.45, 7) is 0. The lowest BCUT2D eigenvalue weighted by molar-refractivity contribution is 0.211. The van der Waals surface area contributed by atoms with Gasteiger partial charge in [0.15, 0.2) is 0 Å². The zero-order valence-corrected chi connectivity index (χ0v) is 12.4. The van der Waals surface area contributed by atoms with Crippen molar-refractivity contribution in [3.63, 3.8) is 0 Å². The number of hydrogen-bond donors (Lipinski definition) is 1. The number of ether oxygens (including phenoxy) is 1. The van der Waals surface area contributed by atoms with Gasteiger partial charge in [0.05, 0.1) is 6.20 Å². The highest BCUT2D eigenvalue weighted by atomic mass is 32.2. The first kappa shape index (κ1) is 13.4. The highest BCUT2D eigenvalue weighted by Crippen LogP contribution is 2.28. The molecule has 1 fully saturated rings. The topological polar surface area (TPSA) is 53.1 Å². The predicted molar refractivity (Wildman–Crippen MR) is 84.0 cm³/mol. The molecule has 1 aromatic heterocycles. The van der Waals surface area contributed by atoms with Crippen LogP contribution >= 0.6 is 11.8 Å². The van der Waals surface area contributed by atoms with Crippen LogP contribution in [0.4, 0.5) is 5.82 Å². The molecule has 2 aromatic rings. The number of nitrogen functional groups attached to an aromatic ring is 1. The summed E-state index contributed by atoms with van der Waals surface area (Å²) in [5.74, 6) is 3.97. The average molecular weight is 289 g/mol. The molecule has 1 aliphatic rings. The van der Waals surface area contributed by atoms with Crippen molar-refractivity contribution in [3.8, 4) is 16.9 Å². The van der Waals surface area contributed by atoms with Gasteiger partial charge in [-0.05, 0) is 36.3 Å². The van der Waals surface area contributed by atoms with Crippen LogP contribution < -0.4 is 10.5 Å². The third kappa shape index (κ3) is 2.77. The molecule has 3 rings (SSSR count). The Balaban J connectivity index is 1.72. The summed E-state index contributed by atoms with van der Waals surface area (Å²) in [5, 5.41) is 4.17. The van der Waals surface area contributed by atoms with Crippen LogP contribution in [0.15, 0.2) is 30.5 Å². The lowest BCUT2D eigenvalue weighted by Crippen LogP contribution is -2.23. The zero-order valence-electron chi connectivity index (χ0n) is 11.6. The molecular weight excluding hydrogens is 270 g/mol. The van der Waals surface area contributed by atoms with Gasteiger partial charge in [-0.25, -0.2) is 0 Å². The fourth-order valence-corrected chi connectivity index (χ4v) is 3.41. The quantitative estimate of drug-likeness (QED) is 0.944. The largest absolute Gasteiger partial charge is 0.490 e. The van der Waals surface area contributed by atoms with Crippen LogP contribution in [-0.4, -0.2) is 27.4 Å². The lowest BCUT2D eigenvalue weighted by Gasteiger charge is -2.22. The first-order chi connectivity index (χ1) is 9.74. The minimum atomic E-state index is 0.350. The molecule has 0 spiro atoms. The van der Waals surface area contributed by atoms with Crippen LogP contribution in [0.2, 0.25) is 0 Å². The van der Waals surface area contributed by atoms with Crippen molar-refractivity contribution in [1.82, 2.24) is 9.78 Å². The van der Waals surface area contributed by atoms with E-state index >= 15 is 0 Å². The van der Waals surface area contributed by atoms with E-state index in [1.165, 1.54) is 12.2 Å². The van der Waals surface area contributed by atoms with Gasteiger partial charge in [-0.2, -0.15) is 16.9 Å². The van der Waals surface area contributed by atoms with Gasteiger partial charge in [0.2, 0.25) is 0 Å². The molecular formula is C15H19N3OS. The fourth-order valence-electron chi connectivity index (χ4n) is 2.38. The minimum absolute atomic E-state index is 0.350. The molecule has 4 nitrogen and oxygen atoms in total. The molecule has 1 unspecified atom stereocenters. The first-order valence-corrected chi connectivity index (χ1v) is 8.02. The third-order valence-corrected chi connectivity index (χ3v) is 4.76. The Kier molecular flexibility index (Phi) is 3.87. The van der Waals surface area contributed by atoms with Gasteiger partial charge in [0.1, 0.15) is 17.7 Å². The first-order valence-electron chi connectivity index (χ1n) is 6.86. The second-order valence-corrected chi connectivity index (χ2v) is 6.20. The summed E-state index contributed by atoms with van der Waals surface area (Å²) in [6, 6.07) is 8.11. The lowest BCUT2D eigenvalue weighted by atomic mass is 10.1. The maximum absolute atomic E-state index is 6.01. The highest BCUT2D eigenvalue weighted by molar-refractivity contribution is 7.99. The fraction of sp³-hybridized carbons (Fsp3) is 0.400. The van der Waals surface area contributed by atoms with Crippen LogP contribution in [0.5, 0.6) is 5.75 Å². The Morgan fingerprint density at radius 3 is 2.75 bits per heavy atom. The number of thioether (sulfide) groups is 1. The number of aryl methyl sites for hydroxylation is 1. The average Bonchev–Trinajstić information content (AvgIpc) is 2.81. The molecule has 0 saturated carbocycles. The van der Waals surface area contributed by atoms with Crippen molar-refractivity contribution >= 4 is 17.6 Å². The van der Waals surface area contributed by atoms with E-state index in [-0.39, 0.29) is 0 Å². The van der Waals surface area contributed by atoms with Crippen molar-refractivity contribution in [2.24, 2.45) is 7.05 Å². The van der Waals surface area contributed by atoms with Gasteiger partial charge < -0.3 is 10.5 Å². The smallest absolute Gasteiger partial charge is 0.129 e. The monoisotopic (exact) mass is 289 g/mol. The van der Waals surface area contributed by atoms with Gasteiger partial charge in [-0.1, -0.05) is 12.1 Å². The van der Waals surface area contributed by atoms with Crippen molar-refractivity contribution in [2.45, 2.75) is 18.9 Å². The van der Waals surface area contributed by atoms with Crippen molar-refractivity contribution in [1.29, 1.82) is 0 Å². The van der Waals surface area contributed by atoms with Crippen LogP contribution in [-0.2, 0) is 7.05 Å². The summed E-state index contributed by atoms with van der Waals surface area (Å²) in [5.41, 5.74) is 8.02. The molecule has 0 amide bonds. The van der Waals surface area contributed by atoms with Crippen molar-refractivity contribution in [2.75, 3.05) is 17.2 Å². The van der Waals surface area contributed by atoms with Crippen LogP contribution in [0.1, 0.15) is 12.8 Å². The molecule has 1 aliphatic heterocycles. The summed E-state index contributed by atoms with van der Waals surface area (Å²) < 4.78 is 7.69. The molecule has 0 aliphatic carbocycles. The Morgan fingerprint density at radius 2 is 2.15 bits per heavy atom. The molecule has 1 saturated heterocycles. The zero-order chi connectivity index (χ0) is 13.9. The van der Waals surface area contributed by atoms with Crippen LogP contribution in [0, 0.1) is 0 Å². The molecule has 1 atom stereocenters. The SMILES string of the molecule is Cn1ncc(-c2ccc(OC3CCCSC3)cc2)c1N. The van der Waals surface area contributed by atoms with E-state index in [0.717, 1.165) is 29.1 Å². The summed E-state index contributed by atoms with van der Waals surface area (Å²) in [4.78, 5) is 0. The van der Waals surface area contributed by atoms with Crippen molar-refractivity contribution in [3.05, 3.63) is 30.5 Å². The number of nitrogens with zero attached hydrogens (tertiary/aromatic N) is 2. The normalized spacial score (nSPS) is 18.9. The molecule has 2 N–H and O–H groups in total. The maximum atomic E-state index is 6.01. The molecule has 20 heavy (non-hydrogen) atoms. The van der Waals surface area contributed by atoms with Crippen LogP contribution in [0.3, 0.4) is 0 Å². The van der Waals surface area contributed by atoms with Gasteiger partial charge in [-0.3, -0.25) is 4.68 Å². The van der Waals surface area contributed by atoms with E-state index in [1.54, 1.807) is 10.9 Å². The number of hydrogen-bond acceptors (Lipinski definition) is 4. The van der Waals surface area contributed by atoms with E-state index in [0.29, 0.717) is 11.9 Å². The molecule has 5 heteroatoms. The Labute approximate surface area is 123 Å². The maximum Gasteiger partial charge on any atom is 0.129 e. The Morgan fingerprint density at radius 1 is 1.35 bits per heavy atom. The van der Waals surface area contributed by atoms with E-state index in [9.17, 15) is 0 Å². The van der Waals surface area contributed by atoms with Gasteiger partial charge >= 0.3 is 0 Å². The molecule has 106 valence electrons. The van der Waals surface area contributed by atoms with E-state index < -0.39 is 0 Å². The second-order valence-electron chi connectivity index (χ2n) is 5.05. The van der Waals surface area contributed by atoms with E-state index in [4.69, 9.17) is 10.5 Å². The number of aromatic nitrogens is 2. The number of anilines is 1. The van der Waals surface area contributed by atoms with Gasteiger partial charge in [0, 0.05) is 18.4 Å². The predicted octanol–water partition coefficient (Wildman–Crippen LogP) is 2.94. The molecule has 0 bridgehead atoms. The van der Waals surface area contributed by atoms with Crippen molar-refractivity contribution < 1.29 is 4.74 Å². The molecule has 2 heterocycles. The summed E-state index contributed by atoms with van der Waals surface area (Å²) in [7, 11) is 1.84. The summed E-state index contributed by atoms with van der Waals surface area (Å²) >= 11 is 1.97. The Hall–Kier alpha value is -1.62. The van der Waals surface area contributed by atoms with E-state index in [1.807, 2.05) is 43.1 Å². The highest BCUT2D eigenvalue weighted by Gasteiger charge is 2.15. The number of nitrogens with two attached hydrogens (primary N) is 1. The third-order valence-electron chi connectivity index (χ3n) is 3.57. The van der Waals surface area contributed by atoms with Gasteiger partial charge in [-0.15, -0.1) is 0 Å². The Bertz CT molecular complexity index is 573. The second kappa shape index (κ2) is 5.79. The van der Waals surface area contributed by atoms with Crippen LogP contribution in [0.25, 0.3) is 11.1 Å². The standard InChI is InChI=1S/C15H19N3OS/c1-18-15(16)14(9-17-18)11-4-6-12(7-5-11)19-13-3-2-8-20-10-13/h4-7,9,13H,2-3,8,10,16H2,1H3. The van der Waals surface area contributed by atoms with E-state index in [2.05, 4.69) is 5.10 Å². The molecule has 0 radical (unpaired) electrons. The number of benzene rings is 1. The summed E-state index contributed by atoms with van der Waals surface area (Å²) in [6.07, 6.45) is 4.55. The minimum Gasteiger partial charge on any atom is -0.490 e.